The topological polar surface area (TPSA) is 214 Å². The molecule has 0 bridgehead atoms. The lowest BCUT2D eigenvalue weighted by Crippen LogP contribution is -2.36. The maximum Gasteiger partial charge on any atom is 0.450 e. The van der Waals surface area contributed by atoms with E-state index in [1.165, 1.54) is 37.4 Å². The number of aliphatic imine (C=N–C) groups is 1. The van der Waals surface area contributed by atoms with Crippen molar-refractivity contribution in [2.75, 3.05) is 25.1 Å². The van der Waals surface area contributed by atoms with Gasteiger partial charge in [-0.1, -0.05) is 13.8 Å². The first-order valence-electron chi connectivity index (χ1n) is 12.3. The monoisotopic (exact) mass is 604 g/mol. The van der Waals surface area contributed by atoms with Crippen LogP contribution in [0.15, 0.2) is 50.9 Å². The number of alkyl halides is 4. The second-order valence-corrected chi connectivity index (χ2v) is 9.82. The molecule has 2 aromatic rings. The summed E-state index contributed by atoms with van der Waals surface area (Å²) in [5, 5.41) is 41.7. The summed E-state index contributed by atoms with van der Waals surface area (Å²) >= 11 is 0. The minimum atomic E-state index is -4.92. The number of halogens is 4. The summed E-state index contributed by atoms with van der Waals surface area (Å²) in [4.78, 5) is 34.4. The highest BCUT2D eigenvalue weighted by molar-refractivity contribution is 6.46. The van der Waals surface area contributed by atoms with Crippen LogP contribution >= 0.6 is 0 Å². The molecule has 17 heteroatoms. The highest BCUT2D eigenvalue weighted by Gasteiger charge is 2.34. The van der Waals surface area contributed by atoms with Gasteiger partial charge in [0.25, 0.3) is 11.8 Å². The smallest absolute Gasteiger partial charge is 0.450 e. The Balaban J connectivity index is 2.42. The van der Waals surface area contributed by atoms with E-state index in [2.05, 4.69) is 36.0 Å². The molecule has 1 aromatic carbocycles. The van der Waals surface area contributed by atoms with Gasteiger partial charge in [-0.2, -0.15) is 23.5 Å². The van der Waals surface area contributed by atoms with Gasteiger partial charge in [0.2, 0.25) is 5.84 Å². The molecule has 2 rings (SSSR count). The summed E-state index contributed by atoms with van der Waals surface area (Å²) in [6.07, 6.45) is -4.18. The van der Waals surface area contributed by atoms with Gasteiger partial charge in [-0.3, -0.25) is 14.0 Å². The van der Waals surface area contributed by atoms with E-state index in [1.54, 1.807) is 13.8 Å². The van der Waals surface area contributed by atoms with Crippen molar-refractivity contribution in [2.45, 2.75) is 33.4 Å². The highest BCUT2D eigenvalue weighted by atomic mass is 19.4. The maximum atomic E-state index is 13.4. The SMILES string of the molecule is Cc1cc(C#N)cc(C(=O)NCC(C)(C)CF)c1NC(=O)C(CC(=N)CN=NN=C(N)C(F)(F)F)=Nc1ncccc1O. The molecule has 0 atom stereocenters. The molecule has 6 N–H and O–H groups in total. The standard InChI is InChI=1S/C26H28F4N10O3/c1-14-7-15(10-31)8-17(22(42)35-13-25(2,3)12-27)20(14)38-23(43)18(37-21-19(41)5-4-6-34-21)9-16(32)11-36-40-39-24(33)26(28,29)30/h4-8,32,41H,9,11-13H2,1-3H3,(H,35,42)(H,38,43)(H2,33,36,39). The van der Waals surface area contributed by atoms with Crippen LogP contribution < -0.4 is 16.4 Å². The van der Waals surface area contributed by atoms with Gasteiger partial charge in [0.1, 0.15) is 5.71 Å². The van der Waals surface area contributed by atoms with E-state index in [1.807, 2.05) is 6.07 Å². The van der Waals surface area contributed by atoms with Crippen LogP contribution in [-0.4, -0.2) is 65.1 Å². The fourth-order valence-corrected chi connectivity index (χ4v) is 3.13. The van der Waals surface area contributed by atoms with Crippen LogP contribution in [0.3, 0.4) is 0 Å². The lowest BCUT2D eigenvalue weighted by atomic mass is 9.95. The van der Waals surface area contributed by atoms with Crippen molar-refractivity contribution in [3.8, 4) is 11.8 Å². The Kier molecular flexibility index (Phi) is 11.5. The molecule has 0 aliphatic carbocycles. The van der Waals surface area contributed by atoms with Crippen LogP contribution in [0, 0.1) is 29.1 Å². The minimum absolute atomic E-state index is 0.0133. The predicted octanol–water partition coefficient (Wildman–Crippen LogP) is 4.10. The number of carbonyl (C=O) groups is 2. The van der Waals surface area contributed by atoms with E-state index in [0.29, 0.717) is 5.56 Å². The lowest BCUT2D eigenvalue weighted by Gasteiger charge is -2.22. The normalized spacial score (nSPS) is 12.6. The third kappa shape index (κ3) is 10.3. The van der Waals surface area contributed by atoms with Gasteiger partial charge in [-0.25, -0.2) is 9.98 Å². The molecule has 0 aliphatic rings. The Labute approximate surface area is 243 Å². The van der Waals surface area contributed by atoms with Crippen molar-refractivity contribution in [1.29, 1.82) is 10.7 Å². The number of nitrogens with two attached hydrogens (primary N) is 1. The molecule has 228 valence electrons. The molecule has 1 heterocycles. The summed E-state index contributed by atoms with van der Waals surface area (Å²) < 4.78 is 50.6. The van der Waals surface area contributed by atoms with Crippen LogP contribution in [0.4, 0.5) is 29.1 Å². The molecule has 43 heavy (non-hydrogen) atoms. The largest absolute Gasteiger partial charge is 0.504 e. The number of nitrogens with one attached hydrogen (secondary N) is 3. The number of hydrogen-bond donors (Lipinski definition) is 5. The fraction of sp³-hybridized carbons (Fsp3) is 0.346. The quantitative estimate of drug-likeness (QED) is 0.0790. The van der Waals surface area contributed by atoms with Gasteiger partial charge in [-0.05, 0) is 42.0 Å². The van der Waals surface area contributed by atoms with E-state index in [-0.39, 0.29) is 34.9 Å². The molecule has 0 saturated heterocycles. The third-order valence-corrected chi connectivity index (χ3v) is 5.45. The predicted molar refractivity (Wildman–Crippen MR) is 149 cm³/mol. The van der Waals surface area contributed by atoms with Crippen LogP contribution in [0.1, 0.15) is 41.8 Å². The summed E-state index contributed by atoms with van der Waals surface area (Å²) in [5.74, 6) is -4.09. The Morgan fingerprint density at radius 1 is 1.26 bits per heavy atom. The number of amides is 2. The van der Waals surface area contributed by atoms with Crippen molar-refractivity contribution in [3.05, 3.63) is 47.2 Å². The number of carbonyl (C=O) groups excluding carboxylic acids is 2. The number of aryl methyl sites for hydroxylation is 1. The van der Waals surface area contributed by atoms with Crippen LogP contribution in [0.2, 0.25) is 0 Å². The molecule has 0 fully saturated rings. The zero-order chi connectivity index (χ0) is 32.4. The number of benzene rings is 1. The molecule has 0 spiro atoms. The number of amidine groups is 1. The van der Waals surface area contributed by atoms with Crippen LogP contribution in [0.5, 0.6) is 5.75 Å². The first kappa shape index (κ1) is 33.9. The third-order valence-electron chi connectivity index (χ3n) is 5.45. The number of hydrogen-bond acceptors (Lipinski definition) is 9. The van der Waals surface area contributed by atoms with Crippen LogP contribution in [0.25, 0.3) is 0 Å². The van der Waals surface area contributed by atoms with E-state index >= 15 is 0 Å². The zero-order valence-electron chi connectivity index (χ0n) is 23.3. The number of nitrogens with zero attached hydrogens (tertiary/aromatic N) is 6. The van der Waals surface area contributed by atoms with Crippen LogP contribution in [-0.2, 0) is 4.79 Å². The molecule has 2 amide bonds. The lowest BCUT2D eigenvalue weighted by molar-refractivity contribution is -0.110. The summed E-state index contributed by atoms with van der Waals surface area (Å²) in [6, 6.07) is 7.21. The Morgan fingerprint density at radius 2 is 1.95 bits per heavy atom. The van der Waals surface area contributed by atoms with Gasteiger partial charge in [0.05, 0.1) is 36.1 Å². The average molecular weight is 605 g/mol. The zero-order valence-corrected chi connectivity index (χ0v) is 23.3. The summed E-state index contributed by atoms with van der Waals surface area (Å²) in [6.45, 7) is 3.34. The second-order valence-electron chi connectivity index (χ2n) is 9.82. The molecular weight excluding hydrogens is 576 g/mol. The van der Waals surface area contributed by atoms with Crippen molar-refractivity contribution < 1.29 is 32.3 Å². The van der Waals surface area contributed by atoms with E-state index in [9.17, 15) is 37.5 Å². The number of nitriles is 1. The Morgan fingerprint density at radius 3 is 2.56 bits per heavy atom. The molecule has 0 saturated carbocycles. The number of aromatic hydroxyl groups is 1. The summed E-state index contributed by atoms with van der Waals surface area (Å²) in [7, 11) is 0. The van der Waals surface area contributed by atoms with E-state index < -0.39 is 60.3 Å². The minimum Gasteiger partial charge on any atom is -0.504 e. The summed E-state index contributed by atoms with van der Waals surface area (Å²) in [5.41, 5.74) is 3.39. The second kappa shape index (κ2) is 14.6. The Bertz CT molecular complexity index is 1510. The van der Waals surface area contributed by atoms with Crippen molar-refractivity contribution in [1.82, 2.24) is 10.3 Å². The number of pyridine rings is 1. The molecule has 0 radical (unpaired) electrons. The number of rotatable bonds is 12. The highest BCUT2D eigenvalue weighted by Crippen LogP contribution is 2.26. The first-order chi connectivity index (χ1) is 20.1. The fourth-order valence-electron chi connectivity index (χ4n) is 3.13. The Hall–Kier alpha value is -5.27. The molecule has 0 aliphatic heterocycles. The van der Waals surface area contributed by atoms with Gasteiger partial charge >= 0.3 is 6.18 Å². The van der Waals surface area contributed by atoms with E-state index in [4.69, 9.17) is 11.1 Å². The molecule has 13 nitrogen and oxygen atoms in total. The molecule has 0 unspecified atom stereocenters. The van der Waals surface area contributed by atoms with Gasteiger partial charge < -0.3 is 26.9 Å². The number of anilines is 1. The van der Waals surface area contributed by atoms with Crippen molar-refractivity contribution in [3.63, 3.8) is 0 Å². The molecule has 1 aromatic heterocycles. The first-order valence-corrected chi connectivity index (χ1v) is 12.3. The van der Waals surface area contributed by atoms with Gasteiger partial charge in [0, 0.05) is 30.3 Å². The molecular formula is C26H28F4N10O3. The van der Waals surface area contributed by atoms with E-state index in [0.717, 1.165) is 0 Å². The van der Waals surface area contributed by atoms with Gasteiger partial charge in [0.15, 0.2) is 11.6 Å². The number of aromatic nitrogens is 1. The average Bonchev–Trinajstić information content (AvgIpc) is 2.94. The maximum absolute atomic E-state index is 13.4. The van der Waals surface area contributed by atoms with Crippen molar-refractivity contribution in [2.24, 2.45) is 31.6 Å². The van der Waals surface area contributed by atoms with Crippen molar-refractivity contribution >= 4 is 40.6 Å². The van der Waals surface area contributed by atoms with Gasteiger partial charge in [-0.15, -0.1) is 5.10 Å².